The fourth-order valence-corrected chi connectivity index (χ4v) is 5.38. The topological polar surface area (TPSA) is 86.7 Å². The molecule has 0 aliphatic carbocycles. The highest BCUT2D eigenvalue weighted by molar-refractivity contribution is 7.98. The highest BCUT2D eigenvalue weighted by atomic mass is 32.2. The molecule has 4 rings (SSSR count). The van der Waals surface area contributed by atoms with Gasteiger partial charge in [0.2, 0.25) is 0 Å². The number of thiazole rings is 1. The molecule has 0 saturated heterocycles. The van der Waals surface area contributed by atoms with Crippen molar-refractivity contribution in [3.05, 3.63) is 62.3 Å². The molecule has 0 radical (unpaired) electrons. The SMILES string of the molecule is COc1ccc2sc(=NC(=O)c3cc4cc([N+](=O)[O-])ccc4s3)n(CCSC)c2c1. The van der Waals surface area contributed by atoms with E-state index < -0.39 is 4.92 Å². The monoisotopic (exact) mass is 459 g/mol. The van der Waals surface area contributed by atoms with Gasteiger partial charge in [0.1, 0.15) is 5.75 Å². The molecule has 154 valence electrons. The number of fused-ring (bicyclic) bond motifs is 2. The molecule has 0 unspecified atom stereocenters. The van der Waals surface area contributed by atoms with Crippen molar-refractivity contribution in [2.75, 3.05) is 19.1 Å². The number of hydrogen-bond acceptors (Lipinski definition) is 7. The summed E-state index contributed by atoms with van der Waals surface area (Å²) in [6.07, 6.45) is 2.04. The van der Waals surface area contributed by atoms with Gasteiger partial charge < -0.3 is 9.30 Å². The van der Waals surface area contributed by atoms with E-state index in [1.807, 2.05) is 29.0 Å². The maximum absolute atomic E-state index is 12.9. The second-order valence-electron chi connectivity index (χ2n) is 6.37. The zero-order valence-corrected chi connectivity index (χ0v) is 18.6. The number of nitrogens with zero attached hydrogens (tertiary/aromatic N) is 3. The summed E-state index contributed by atoms with van der Waals surface area (Å²) in [5.41, 5.74) is 0.983. The second-order valence-corrected chi connectivity index (χ2v) is 9.45. The van der Waals surface area contributed by atoms with E-state index in [0.717, 1.165) is 33.0 Å². The fourth-order valence-electron chi connectivity index (χ4n) is 3.05. The predicted octanol–water partition coefficient (Wildman–Crippen LogP) is 4.94. The van der Waals surface area contributed by atoms with Gasteiger partial charge >= 0.3 is 0 Å². The molecule has 10 heteroatoms. The van der Waals surface area contributed by atoms with Crippen molar-refractivity contribution in [3.8, 4) is 5.75 Å². The average Bonchev–Trinajstić information content (AvgIpc) is 3.32. The lowest BCUT2D eigenvalue weighted by Crippen LogP contribution is -2.18. The van der Waals surface area contributed by atoms with Crippen molar-refractivity contribution in [3.63, 3.8) is 0 Å². The van der Waals surface area contributed by atoms with Gasteiger partial charge in [-0.05, 0) is 30.5 Å². The number of carbonyl (C=O) groups excluding carboxylic acids is 1. The lowest BCUT2D eigenvalue weighted by molar-refractivity contribution is -0.384. The number of amides is 1. The van der Waals surface area contributed by atoms with Gasteiger partial charge in [0.05, 0.1) is 27.1 Å². The molecule has 30 heavy (non-hydrogen) atoms. The lowest BCUT2D eigenvalue weighted by atomic mass is 10.2. The Morgan fingerprint density at radius 3 is 2.73 bits per heavy atom. The third kappa shape index (κ3) is 3.98. The van der Waals surface area contributed by atoms with Gasteiger partial charge in [0.25, 0.3) is 11.6 Å². The van der Waals surface area contributed by atoms with Gasteiger partial charge in [0.15, 0.2) is 4.80 Å². The minimum atomic E-state index is -0.441. The Hall–Kier alpha value is -2.69. The zero-order valence-electron chi connectivity index (χ0n) is 16.2. The number of carbonyl (C=O) groups is 1. The third-order valence-corrected chi connectivity index (χ3v) is 7.28. The number of rotatable bonds is 6. The van der Waals surface area contributed by atoms with Crippen LogP contribution in [-0.2, 0) is 6.54 Å². The summed E-state index contributed by atoms with van der Waals surface area (Å²) in [5.74, 6) is 1.29. The quantitative estimate of drug-likeness (QED) is 0.301. The molecule has 4 aromatic rings. The van der Waals surface area contributed by atoms with E-state index in [1.54, 1.807) is 31.0 Å². The first kappa shape index (κ1) is 20.6. The van der Waals surface area contributed by atoms with Gasteiger partial charge in [-0.2, -0.15) is 16.8 Å². The molecule has 0 fully saturated rings. The number of benzene rings is 2. The normalized spacial score (nSPS) is 12.0. The third-order valence-electron chi connectivity index (χ3n) is 4.53. The molecule has 0 aliphatic rings. The van der Waals surface area contributed by atoms with Crippen LogP contribution in [-0.4, -0.2) is 34.5 Å². The number of thioether (sulfide) groups is 1. The van der Waals surface area contributed by atoms with E-state index >= 15 is 0 Å². The standard InChI is InChI=1S/C20H17N3O4S3/c1-27-14-4-6-17-15(11-14)22(7-8-28-2)20(30-17)21-19(24)18-10-12-9-13(23(25)26)3-5-16(12)29-18/h3-6,9-11H,7-8H2,1-2H3. The van der Waals surface area contributed by atoms with E-state index in [0.29, 0.717) is 15.1 Å². The first-order valence-corrected chi connectivity index (χ1v) is 12.0. The largest absolute Gasteiger partial charge is 0.497 e. The van der Waals surface area contributed by atoms with Crippen LogP contribution in [0.4, 0.5) is 5.69 Å². The summed E-state index contributed by atoms with van der Waals surface area (Å²) in [6, 6.07) is 12.1. The molecule has 0 N–H and O–H groups in total. The minimum Gasteiger partial charge on any atom is -0.497 e. The molecule has 0 saturated carbocycles. The Kier molecular flexibility index (Phi) is 5.89. The van der Waals surface area contributed by atoms with Crippen LogP contribution in [0.5, 0.6) is 5.75 Å². The number of non-ortho nitro benzene ring substituents is 1. The number of hydrogen-bond donors (Lipinski definition) is 0. The van der Waals surface area contributed by atoms with Gasteiger partial charge in [-0.1, -0.05) is 11.3 Å². The minimum absolute atomic E-state index is 0.00426. The molecule has 7 nitrogen and oxygen atoms in total. The average molecular weight is 460 g/mol. The number of thiophene rings is 1. The number of nitro benzene ring substituents is 1. The second kappa shape index (κ2) is 8.58. The van der Waals surface area contributed by atoms with Crippen LogP contribution in [0.2, 0.25) is 0 Å². The molecule has 2 heterocycles. The van der Waals surface area contributed by atoms with Gasteiger partial charge in [0, 0.05) is 40.6 Å². The van der Waals surface area contributed by atoms with Gasteiger partial charge in [-0.25, -0.2) is 0 Å². The Morgan fingerprint density at radius 1 is 1.20 bits per heavy atom. The van der Waals surface area contributed by atoms with Gasteiger partial charge in [-0.15, -0.1) is 11.3 Å². The maximum Gasteiger partial charge on any atom is 0.289 e. The highest BCUT2D eigenvalue weighted by Gasteiger charge is 2.14. The number of ether oxygens (including phenoxy) is 1. The number of aryl methyl sites for hydroxylation is 1. The molecule has 2 aromatic heterocycles. The van der Waals surface area contributed by atoms with Crippen LogP contribution in [0.25, 0.3) is 20.3 Å². The molecule has 1 amide bonds. The molecule has 0 aliphatic heterocycles. The smallest absolute Gasteiger partial charge is 0.289 e. The van der Waals surface area contributed by atoms with Crippen molar-refractivity contribution in [2.45, 2.75) is 6.54 Å². The molecule has 0 atom stereocenters. The van der Waals surface area contributed by atoms with Crippen molar-refractivity contribution in [2.24, 2.45) is 4.99 Å². The van der Waals surface area contributed by atoms with Crippen LogP contribution in [0.15, 0.2) is 47.5 Å². The van der Waals surface area contributed by atoms with Gasteiger partial charge in [-0.3, -0.25) is 14.9 Å². The Balaban J connectivity index is 1.78. The first-order valence-electron chi connectivity index (χ1n) is 8.93. The van der Waals surface area contributed by atoms with E-state index in [9.17, 15) is 14.9 Å². The molecule has 2 aromatic carbocycles. The van der Waals surface area contributed by atoms with E-state index in [2.05, 4.69) is 4.99 Å². The van der Waals surface area contributed by atoms with E-state index in [-0.39, 0.29) is 11.6 Å². The molecular weight excluding hydrogens is 442 g/mol. The van der Waals surface area contributed by atoms with Crippen LogP contribution in [0.3, 0.4) is 0 Å². The summed E-state index contributed by atoms with van der Waals surface area (Å²) < 4.78 is 9.22. The van der Waals surface area contributed by atoms with Crippen LogP contribution in [0.1, 0.15) is 9.67 Å². The maximum atomic E-state index is 12.9. The summed E-state index contributed by atoms with van der Waals surface area (Å²) >= 11 is 4.46. The van der Waals surface area contributed by atoms with Crippen molar-refractivity contribution in [1.29, 1.82) is 0 Å². The summed E-state index contributed by atoms with van der Waals surface area (Å²) in [6.45, 7) is 0.721. The molecule has 0 bridgehead atoms. The van der Waals surface area contributed by atoms with Crippen molar-refractivity contribution < 1.29 is 14.5 Å². The Bertz CT molecular complexity index is 1340. The van der Waals surface area contributed by atoms with E-state index in [1.165, 1.54) is 34.8 Å². The fraction of sp³-hybridized carbons (Fsp3) is 0.200. The van der Waals surface area contributed by atoms with Crippen LogP contribution in [0, 0.1) is 10.1 Å². The van der Waals surface area contributed by atoms with Crippen LogP contribution < -0.4 is 9.54 Å². The highest BCUT2D eigenvalue weighted by Crippen LogP contribution is 2.29. The van der Waals surface area contributed by atoms with Crippen LogP contribution >= 0.6 is 34.4 Å². The van der Waals surface area contributed by atoms with Crippen molar-refractivity contribution >= 4 is 66.3 Å². The zero-order chi connectivity index (χ0) is 21.3. The van der Waals surface area contributed by atoms with Crippen molar-refractivity contribution in [1.82, 2.24) is 4.57 Å². The molecular formula is C20H17N3O4S3. The summed E-state index contributed by atoms with van der Waals surface area (Å²) in [4.78, 5) is 28.9. The Morgan fingerprint density at radius 2 is 2.00 bits per heavy atom. The number of methoxy groups -OCH3 is 1. The van der Waals surface area contributed by atoms with E-state index in [4.69, 9.17) is 4.74 Å². The lowest BCUT2D eigenvalue weighted by Gasteiger charge is -2.05. The Labute approximate surface area is 183 Å². The molecule has 0 spiro atoms. The summed E-state index contributed by atoms with van der Waals surface area (Å²) in [7, 11) is 1.63. The summed E-state index contributed by atoms with van der Waals surface area (Å²) in [5, 5.41) is 11.7. The predicted molar refractivity (Wildman–Crippen MR) is 123 cm³/mol. The number of nitro groups is 1. The number of aromatic nitrogens is 1. The first-order chi connectivity index (χ1) is 14.5.